The summed E-state index contributed by atoms with van der Waals surface area (Å²) in [5.74, 6) is 0.430. The summed E-state index contributed by atoms with van der Waals surface area (Å²) < 4.78 is 0. The zero-order valence-corrected chi connectivity index (χ0v) is 16.0. The fourth-order valence-electron chi connectivity index (χ4n) is 2.80. The highest BCUT2D eigenvalue weighted by Gasteiger charge is 2.37. The smallest absolute Gasteiger partial charge is 0.269 e. The lowest BCUT2D eigenvalue weighted by molar-refractivity contribution is -0.384. The Labute approximate surface area is 152 Å². The minimum atomic E-state index is -0.413. The number of nitrogens with zero attached hydrogens (tertiary/aromatic N) is 3. The molecule has 0 N–H and O–H groups in total. The summed E-state index contributed by atoms with van der Waals surface area (Å²) in [6.07, 6.45) is 2.86. The molecule has 1 unspecified atom stereocenters. The molecule has 6 nitrogen and oxygen atoms in total. The van der Waals surface area contributed by atoms with Crippen molar-refractivity contribution < 1.29 is 9.72 Å². The van der Waals surface area contributed by atoms with Gasteiger partial charge in [0.25, 0.3) is 5.69 Å². The van der Waals surface area contributed by atoms with Gasteiger partial charge in [0.1, 0.15) is 6.04 Å². The number of aryl methyl sites for hydroxylation is 1. The van der Waals surface area contributed by atoms with E-state index in [0.29, 0.717) is 16.8 Å². The number of aliphatic imine (C=N–C) groups is 1. The molecule has 7 heteroatoms. The lowest BCUT2D eigenvalue weighted by Gasteiger charge is -2.25. The second kappa shape index (κ2) is 8.47. The Balaban J connectivity index is 2.33. The van der Waals surface area contributed by atoms with Crippen molar-refractivity contribution in [1.29, 1.82) is 0 Å². The lowest BCUT2D eigenvalue weighted by atomic mass is 10.0. The number of rotatable bonds is 7. The number of nitro benzene ring substituents is 1. The molecule has 1 aliphatic rings. The minimum Gasteiger partial charge on any atom is -0.340 e. The topological polar surface area (TPSA) is 75.8 Å². The van der Waals surface area contributed by atoms with E-state index in [4.69, 9.17) is 0 Å². The Morgan fingerprint density at radius 3 is 2.68 bits per heavy atom. The maximum atomic E-state index is 12.5. The average Bonchev–Trinajstić information content (AvgIpc) is 2.82. The Hall–Kier alpha value is -1.89. The van der Waals surface area contributed by atoms with Crippen LogP contribution in [0.3, 0.4) is 0 Å². The third-order valence-corrected chi connectivity index (χ3v) is 5.12. The van der Waals surface area contributed by atoms with Gasteiger partial charge < -0.3 is 4.90 Å². The second-order valence-electron chi connectivity index (χ2n) is 6.74. The van der Waals surface area contributed by atoms with Crippen LogP contribution in [0, 0.1) is 23.0 Å². The molecule has 1 saturated heterocycles. The third-order valence-electron chi connectivity index (χ3n) is 4.14. The van der Waals surface area contributed by atoms with Crippen LogP contribution in [0.1, 0.15) is 45.6 Å². The van der Waals surface area contributed by atoms with Crippen molar-refractivity contribution in [3.05, 3.63) is 33.9 Å². The monoisotopic (exact) mass is 363 g/mol. The van der Waals surface area contributed by atoms with Crippen LogP contribution in [0.2, 0.25) is 0 Å². The Morgan fingerprint density at radius 1 is 1.40 bits per heavy atom. The van der Waals surface area contributed by atoms with Crippen LogP contribution in [-0.4, -0.2) is 32.7 Å². The van der Waals surface area contributed by atoms with Gasteiger partial charge in [0.05, 0.1) is 10.6 Å². The summed E-state index contributed by atoms with van der Waals surface area (Å²) in [5.41, 5.74) is 1.46. The number of benzene rings is 1. The minimum absolute atomic E-state index is 0.0529. The van der Waals surface area contributed by atoms with Crippen molar-refractivity contribution in [2.45, 2.75) is 53.0 Å². The van der Waals surface area contributed by atoms with Gasteiger partial charge in [-0.05, 0) is 49.1 Å². The summed E-state index contributed by atoms with van der Waals surface area (Å²) in [6, 6.07) is 4.49. The molecule has 1 aromatic rings. The number of amidine groups is 1. The lowest BCUT2D eigenvalue weighted by Crippen LogP contribution is -2.37. The first-order chi connectivity index (χ1) is 11.8. The van der Waals surface area contributed by atoms with E-state index in [1.54, 1.807) is 13.0 Å². The maximum Gasteiger partial charge on any atom is 0.269 e. The first-order valence-corrected chi connectivity index (χ1v) is 9.47. The van der Waals surface area contributed by atoms with Gasteiger partial charge in [-0.3, -0.25) is 14.9 Å². The zero-order chi connectivity index (χ0) is 18.6. The number of nitro groups is 1. The number of carbonyl (C=O) groups excluding carboxylic acids is 1. The van der Waals surface area contributed by atoms with Crippen molar-refractivity contribution in [3.8, 4) is 0 Å². The van der Waals surface area contributed by atoms with E-state index in [0.717, 1.165) is 31.4 Å². The van der Waals surface area contributed by atoms with Crippen molar-refractivity contribution in [1.82, 2.24) is 4.90 Å². The number of unbranched alkanes of at least 4 members (excludes halogenated alkanes) is 1. The normalized spacial score (nSPS) is 19.2. The zero-order valence-electron chi connectivity index (χ0n) is 15.2. The van der Waals surface area contributed by atoms with Gasteiger partial charge >= 0.3 is 0 Å². The molecule has 1 heterocycles. The van der Waals surface area contributed by atoms with Crippen LogP contribution < -0.4 is 0 Å². The molecule has 0 saturated carbocycles. The maximum absolute atomic E-state index is 12.5. The molecule has 0 aliphatic carbocycles. The van der Waals surface area contributed by atoms with Crippen LogP contribution >= 0.6 is 11.8 Å². The van der Waals surface area contributed by atoms with E-state index in [2.05, 4.69) is 30.7 Å². The number of carbonyl (C=O) groups is 1. The van der Waals surface area contributed by atoms with Gasteiger partial charge in [0.2, 0.25) is 5.12 Å². The fraction of sp³-hybridized carbons (Fsp3) is 0.556. The van der Waals surface area contributed by atoms with Gasteiger partial charge in [0.15, 0.2) is 5.17 Å². The van der Waals surface area contributed by atoms with E-state index in [1.165, 1.54) is 23.9 Å². The third kappa shape index (κ3) is 4.81. The van der Waals surface area contributed by atoms with E-state index >= 15 is 0 Å². The van der Waals surface area contributed by atoms with E-state index in [1.807, 2.05) is 0 Å². The first kappa shape index (κ1) is 19.4. The van der Waals surface area contributed by atoms with Crippen LogP contribution in [-0.2, 0) is 4.79 Å². The molecule has 0 aromatic heterocycles. The standard InChI is InChI=1S/C18H25N3O3S/c1-5-6-9-20-16(10-12(2)3)17(22)25-18(20)19-15-8-7-14(21(23)24)11-13(15)4/h7-8,11-12,16H,5-6,9-10H2,1-4H3. The predicted molar refractivity (Wildman–Crippen MR) is 102 cm³/mol. The number of thioether (sulfide) groups is 1. The highest BCUT2D eigenvalue weighted by Crippen LogP contribution is 2.33. The average molecular weight is 363 g/mol. The number of non-ortho nitro benzene ring substituents is 1. The van der Waals surface area contributed by atoms with E-state index < -0.39 is 4.92 Å². The number of hydrogen-bond donors (Lipinski definition) is 0. The van der Waals surface area contributed by atoms with Crippen LogP contribution in [0.15, 0.2) is 23.2 Å². The molecular weight excluding hydrogens is 338 g/mol. The Bertz CT molecular complexity index is 688. The summed E-state index contributed by atoms with van der Waals surface area (Å²) >= 11 is 1.19. The molecule has 2 rings (SSSR count). The molecule has 1 aromatic carbocycles. The van der Waals surface area contributed by atoms with Crippen molar-refractivity contribution in [2.24, 2.45) is 10.9 Å². The summed E-state index contributed by atoms with van der Waals surface area (Å²) in [7, 11) is 0. The molecular formula is C18H25N3O3S. The molecule has 0 bridgehead atoms. The van der Waals surface area contributed by atoms with Crippen LogP contribution in [0.5, 0.6) is 0 Å². The van der Waals surface area contributed by atoms with Crippen LogP contribution in [0.25, 0.3) is 0 Å². The van der Waals surface area contributed by atoms with Gasteiger partial charge in [-0.1, -0.05) is 27.2 Å². The van der Waals surface area contributed by atoms with Crippen molar-refractivity contribution in [2.75, 3.05) is 6.54 Å². The molecule has 0 spiro atoms. The number of hydrogen-bond acceptors (Lipinski definition) is 5. The van der Waals surface area contributed by atoms with E-state index in [9.17, 15) is 14.9 Å². The molecule has 0 radical (unpaired) electrons. The molecule has 1 fully saturated rings. The summed E-state index contributed by atoms with van der Waals surface area (Å²) in [4.78, 5) is 29.7. The second-order valence-corrected chi connectivity index (χ2v) is 7.71. The SMILES string of the molecule is CCCCN1C(=Nc2ccc([N+](=O)[O-])cc2C)SC(=O)C1CC(C)C. The van der Waals surface area contributed by atoms with Gasteiger partial charge in [0, 0.05) is 18.7 Å². The first-order valence-electron chi connectivity index (χ1n) is 8.65. The Kier molecular flexibility index (Phi) is 6.58. The molecule has 1 aliphatic heterocycles. The van der Waals surface area contributed by atoms with Gasteiger partial charge in [-0.25, -0.2) is 4.99 Å². The molecule has 1 atom stereocenters. The Morgan fingerprint density at radius 2 is 2.12 bits per heavy atom. The predicted octanol–water partition coefficient (Wildman–Crippen LogP) is 4.68. The highest BCUT2D eigenvalue weighted by atomic mass is 32.2. The van der Waals surface area contributed by atoms with Gasteiger partial charge in [-0.2, -0.15) is 0 Å². The highest BCUT2D eigenvalue weighted by molar-refractivity contribution is 8.26. The van der Waals surface area contributed by atoms with Crippen molar-refractivity contribution in [3.63, 3.8) is 0 Å². The molecule has 0 amide bonds. The quantitative estimate of drug-likeness (QED) is 0.519. The summed E-state index contributed by atoms with van der Waals surface area (Å²) in [6.45, 7) is 8.96. The molecule has 25 heavy (non-hydrogen) atoms. The van der Waals surface area contributed by atoms with Crippen molar-refractivity contribution >= 4 is 33.4 Å². The largest absolute Gasteiger partial charge is 0.340 e. The van der Waals surface area contributed by atoms with E-state index in [-0.39, 0.29) is 16.8 Å². The summed E-state index contributed by atoms with van der Waals surface area (Å²) in [5, 5.41) is 11.7. The van der Waals surface area contributed by atoms with Gasteiger partial charge in [-0.15, -0.1) is 0 Å². The molecule has 136 valence electrons. The fourth-order valence-corrected chi connectivity index (χ4v) is 3.82. The van der Waals surface area contributed by atoms with Crippen LogP contribution in [0.4, 0.5) is 11.4 Å².